The van der Waals surface area contributed by atoms with Crippen LogP contribution >= 0.6 is 15.9 Å². The molecule has 2 aromatic rings. The first-order valence-electron chi connectivity index (χ1n) is 6.32. The molecule has 0 unspecified atom stereocenters. The molecule has 0 spiro atoms. The topological polar surface area (TPSA) is 49.5 Å². The number of aliphatic hydroxyl groups is 1. The van der Waals surface area contributed by atoms with Crippen LogP contribution < -0.4 is 0 Å². The van der Waals surface area contributed by atoms with Crippen LogP contribution in [-0.4, -0.2) is 34.2 Å². The Kier molecular flexibility index (Phi) is 3.68. The summed E-state index contributed by atoms with van der Waals surface area (Å²) < 4.78 is 6.80. The molecule has 0 bridgehead atoms. The van der Waals surface area contributed by atoms with Crippen molar-refractivity contribution in [1.82, 2.24) is 9.88 Å². The van der Waals surface area contributed by atoms with Gasteiger partial charge in [0.2, 0.25) is 5.89 Å². The van der Waals surface area contributed by atoms with E-state index in [9.17, 15) is 5.11 Å². The van der Waals surface area contributed by atoms with Gasteiger partial charge in [0.15, 0.2) is 5.76 Å². The summed E-state index contributed by atoms with van der Waals surface area (Å²) in [7, 11) is 0. The molecule has 1 fully saturated rings. The molecule has 1 aromatic heterocycles. The predicted octanol–water partition coefficient (Wildman–Crippen LogP) is 2.67. The summed E-state index contributed by atoms with van der Waals surface area (Å²) in [5.74, 6) is 1.48. The van der Waals surface area contributed by atoms with E-state index < -0.39 is 0 Å². The molecule has 1 atom stereocenters. The van der Waals surface area contributed by atoms with Crippen molar-refractivity contribution in [2.45, 2.75) is 19.1 Å². The number of halogens is 1. The lowest BCUT2D eigenvalue weighted by atomic mass is 10.2. The highest BCUT2D eigenvalue weighted by atomic mass is 79.9. The van der Waals surface area contributed by atoms with Gasteiger partial charge >= 0.3 is 0 Å². The van der Waals surface area contributed by atoms with Crippen molar-refractivity contribution in [1.29, 1.82) is 0 Å². The third kappa shape index (κ3) is 3.05. The van der Waals surface area contributed by atoms with E-state index in [-0.39, 0.29) is 6.10 Å². The standard InChI is InChI=1S/C14H15BrN2O2/c15-11-3-1-10(2-4-11)13-7-16-14(19-13)9-17-6-5-12(18)8-17/h1-4,7,12,18H,5-6,8-9H2/t12-/m0/s1. The lowest BCUT2D eigenvalue weighted by Gasteiger charge is -2.11. The van der Waals surface area contributed by atoms with Crippen LogP contribution in [0.1, 0.15) is 12.3 Å². The molecule has 1 aliphatic heterocycles. The summed E-state index contributed by atoms with van der Waals surface area (Å²) in [4.78, 5) is 6.46. The number of nitrogens with zero attached hydrogens (tertiary/aromatic N) is 2. The fraction of sp³-hybridized carbons (Fsp3) is 0.357. The maximum Gasteiger partial charge on any atom is 0.209 e. The number of hydrogen-bond acceptors (Lipinski definition) is 4. The van der Waals surface area contributed by atoms with Gasteiger partial charge in [0, 0.05) is 23.1 Å². The van der Waals surface area contributed by atoms with Crippen LogP contribution in [0.15, 0.2) is 39.4 Å². The molecule has 0 amide bonds. The van der Waals surface area contributed by atoms with Crippen molar-refractivity contribution >= 4 is 15.9 Å². The van der Waals surface area contributed by atoms with Crippen LogP contribution in [0.4, 0.5) is 0 Å². The number of hydrogen-bond donors (Lipinski definition) is 1. The molecular weight excluding hydrogens is 308 g/mol. The van der Waals surface area contributed by atoms with Crippen molar-refractivity contribution in [3.8, 4) is 11.3 Å². The minimum absolute atomic E-state index is 0.207. The van der Waals surface area contributed by atoms with Gasteiger partial charge < -0.3 is 9.52 Å². The van der Waals surface area contributed by atoms with Gasteiger partial charge in [-0.25, -0.2) is 4.98 Å². The number of aromatic nitrogens is 1. The van der Waals surface area contributed by atoms with E-state index in [1.54, 1.807) is 6.20 Å². The molecule has 2 heterocycles. The van der Waals surface area contributed by atoms with Gasteiger partial charge in [-0.15, -0.1) is 0 Å². The Hall–Kier alpha value is -1.17. The summed E-state index contributed by atoms with van der Waals surface area (Å²) in [6.07, 6.45) is 2.38. The third-order valence-corrected chi connectivity index (χ3v) is 3.82. The van der Waals surface area contributed by atoms with Gasteiger partial charge in [-0.1, -0.05) is 28.1 Å². The fourth-order valence-corrected chi connectivity index (χ4v) is 2.54. The van der Waals surface area contributed by atoms with Crippen LogP contribution in [-0.2, 0) is 6.54 Å². The number of β-amino-alcohol motifs (C(OH)–C–C–N with tert-alkyl or cyclic N) is 1. The van der Waals surface area contributed by atoms with Gasteiger partial charge in [0.1, 0.15) is 0 Å². The average Bonchev–Trinajstić information content (AvgIpc) is 3.00. The molecule has 1 aliphatic rings. The summed E-state index contributed by atoms with van der Waals surface area (Å²) >= 11 is 3.41. The van der Waals surface area contributed by atoms with E-state index in [4.69, 9.17) is 4.42 Å². The van der Waals surface area contributed by atoms with Gasteiger partial charge in [0.25, 0.3) is 0 Å². The lowest BCUT2D eigenvalue weighted by Crippen LogP contribution is -2.21. The van der Waals surface area contributed by atoms with Crippen molar-refractivity contribution < 1.29 is 9.52 Å². The van der Waals surface area contributed by atoms with E-state index >= 15 is 0 Å². The second kappa shape index (κ2) is 5.45. The second-order valence-corrected chi connectivity index (χ2v) is 5.72. The molecule has 1 aromatic carbocycles. The zero-order valence-corrected chi connectivity index (χ0v) is 12.0. The maximum absolute atomic E-state index is 9.49. The molecule has 1 saturated heterocycles. The largest absolute Gasteiger partial charge is 0.439 e. The number of benzene rings is 1. The third-order valence-electron chi connectivity index (χ3n) is 3.29. The molecule has 3 rings (SSSR count). The van der Waals surface area contributed by atoms with Crippen LogP contribution in [0.2, 0.25) is 0 Å². The van der Waals surface area contributed by atoms with Crippen LogP contribution in [0.5, 0.6) is 0 Å². The molecule has 0 radical (unpaired) electrons. The molecule has 4 nitrogen and oxygen atoms in total. The first kappa shape index (κ1) is 12.8. The number of oxazole rings is 1. The van der Waals surface area contributed by atoms with Crippen molar-refractivity contribution in [3.63, 3.8) is 0 Å². The van der Waals surface area contributed by atoms with E-state index in [0.717, 1.165) is 28.8 Å². The maximum atomic E-state index is 9.49. The Labute approximate surface area is 120 Å². The highest BCUT2D eigenvalue weighted by molar-refractivity contribution is 9.10. The van der Waals surface area contributed by atoms with Gasteiger partial charge in [0.05, 0.1) is 18.8 Å². The molecule has 100 valence electrons. The smallest absolute Gasteiger partial charge is 0.209 e. The van der Waals surface area contributed by atoms with Crippen LogP contribution in [0, 0.1) is 0 Å². The summed E-state index contributed by atoms with van der Waals surface area (Å²) in [6, 6.07) is 7.95. The van der Waals surface area contributed by atoms with E-state index in [0.29, 0.717) is 19.0 Å². The Bertz CT molecular complexity index is 553. The normalized spacial score (nSPS) is 20.0. The Morgan fingerprint density at radius 2 is 2.16 bits per heavy atom. The van der Waals surface area contributed by atoms with Crippen molar-refractivity contribution in [2.24, 2.45) is 0 Å². The first-order chi connectivity index (χ1) is 9.20. The quantitative estimate of drug-likeness (QED) is 0.943. The Morgan fingerprint density at radius 3 is 2.84 bits per heavy atom. The monoisotopic (exact) mass is 322 g/mol. The predicted molar refractivity (Wildman–Crippen MR) is 75.5 cm³/mol. The van der Waals surface area contributed by atoms with Crippen molar-refractivity contribution in [2.75, 3.05) is 13.1 Å². The van der Waals surface area contributed by atoms with E-state index in [2.05, 4.69) is 25.8 Å². The Balaban J connectivity index is 1.71. The zero-order chi connectivity index (χ0) is 13.2. The molecule has 19 heavy (non-hydrogen) atoms. The van der Waals surface area contributed by atoms with Crippen LogP contribution in [0.3, 0.4) is 0 Å². The number of likely N-dealkylation sites (tertiary alicyclic amines) is 1. The Morgan fingerprint density at radius 1 is 1.37 bits per heavy atom. The number of rotatable bonds is 3. The SMILES string of the molecule is O[C@H]1CCN(Cc2ncc(-c3ccc(Br)cc3)o2)C1. The average molecular weight is 323 g/mol. The summed E-state index contributed by atoms with van der Waals surface area (Å²) in [5.41, 5.74) is 1.02. The minimum atomic E-state index is -0.207. The highest BCUT2D eigenvalue weighted by Crippen LogP contribution is 2.23. The van der Waals surface area contributed by atoms with Gasteiger partial charge in [-0.2, -0.15) is 0 Å². The lowest BCUT2D eigenvalue weighted by molar-refractivity contribution is 0.171. The molecule has 1 N–H and O–H groups in total. The van der Waals surface area contributed by atoms with Crippen molar-refractivity contribution in [3.05, 3.63) is 40.8 Å². The molecule has 5 heteroatoms. The van der Waals surface area contributed by atoms with Gasteiger partial charge in [-0.05, 0) is 18.6 Å². The highest BCUT2D eigenvalue weighted by Gasteiger charge is 2.21. The summed E-state index contributed by atoms with van der Waals surface area (Å²) in [5, 5.41) is 9.49. The minimum Gasteiger partial charge on any atom is -0.439 e. The van der Waals surface area contributed by atoms with Crippen LogP contribution in [0.25, 0.3) is 11.3 Å². The second-order valence-electron chi connectivity index (χ2n) is 4.80. The first-order valence-corrected chi connectivity index (χ1v) is 7.11. The number of aliphatic hydroxyl groups excluding tert-OH is 1. The summed E-state index contributed by atoms with van der Waals surface area (Å²) in [6.45, 7) is 2.26. The van der Waals surface area contributed by atoms with Gasteiger partial charge in [-0.3, -0.25) is 4.90 Å². The molecule has 0 saturated carbocycles. The van der Waals surface area contributed by atoms with E-state index in [1.165, 1.54) is 0 Å². The fourth-order valence-electron chi connectivity index (χ4n) is 2.28. The molecule has 0 aliphatic carbocycles. The zero-order valence-electron chi connectivity index (χ0n) is 10.4. The molecular formula is C14H15BrN2O2. The van der Waals surface area contributed by atoms with E-state index in [1.807, 2.05) is 24.3 Å².